The molecule has 0 spiro atoms. The van der Waals surface area contributed by atoms with E-state index in [9.17, 15) is 14.5 Å². The van der Waals surface area contributed by atoms with Gasteiger partial charge in [0.05, 0.1) is 24.2 Å². The molecule has 1 aromatic carbocycles. The van der Waals surface area contributed by atoms with E-state index in [0.29, 0.717) is 25.6 Å². The van der Waals surface area contributed by atoms with E-state index >= 15 is 0 Å². The highest BCUT2D eigenvalue weighted by Gasteiger charge is 2.23. The second-order valence-electron chi connectivity index (χ2n) is 5.61. The third-order valence-electron chi connectivity index (χ3n) is 3.81. The molecule has 2 heterocycles. The zero-order valence-electron chi connectivity index (χ0n) is 13.5. The van der Waals surface area contributed by atoms with Gasteiger partial charge < -0.3 is 20.7 Å². The molecule has 2 aromatic rings. The van der Waals surface area contributed by atoms with Gasteiger partial charge in [0.15, 0.2) is 0 Å². The van der Waals surface area contributed by atoms with Gasteiger partial charge in [0.2, 0.25) is 11.8 Å². The van der Waals surface area contributed by atoms with Crippen LogP contribution in [-0.4, -0.2) is 40.7 Å². The number of nitro benzene ring substituents is 1. The third kappa shape index (κ3) is 3.58. The smallest absolute Gasteiger partial charge is 0.328 e. The molecule has 25 heavy (non-hydrogen) atoms. The number of rotatable bonds is 4. The van der Waals surface area contributed by atoms with Crippen LogP contribution in [0.25, 0.3) is 0 Å². The monoisotopic (exact) mass is 348 g/mol. The Morgan fingerprint density at radius 1 is 1.48 bits per heavy atom. The number of hydrogen-bond acceptors (Lipinski definition) is 8. The Bertz CT molecular complexity index is 803. The van der Waals surface area contributed by atoms with Crippen LogP contribution in [0.3, 0.4) is 0 Å². The normalized spacial score (nSPS) is 17.4. The van der Waals surface area contributed by atoms with E-state index in [2.05, 4.69) is 15.3 Å². The van der Waals surface area contributed by atoms with Crippen molar-refractivity contribution in [1.82, 2.24) is 9.97 Å². The first-order valence-electron chi connectivity index (χ1n) is 7.64. The fourth-order valence-corrected chi connectivity index (χ4v) is 2.65. The Hall–Kier alpha value is -3.01. The molecule has 3 rings (SSSR count). The summed E-state index contributed by atoms with van der Waals surface area (Å²) >= 11 is 0. The summed E-state index contributed by atoms with van der Waals surface area (Å²) in [5, 5.41) is 13.8. The number of hydrogen-bond donors (Lipinski definition) is 2. The maximum Gasteiger partial charge on any atom is 0.328 e. The summed E-state index contributed by atoms with van der Waals surface area (Å²) in [5.41, 5.74) is 5.12. The SMILES string of the molecule is CC1COCCN1c1cc(N)nc(Nc2cccc(F)c2[N+](=O)[O-])n1. The van der Waals surface area contributed by atoms with Gasteiger partial charge in [-0.1, -0.05) is 6.07 Å². The quantitative estimate of drug-likeness (QED) is 0.636. The zero-order chi connectivity index (χ0) is 18.0. The molecule has 1 saturated heterocycles. The second kappa shape index (κ2) is 6.85. The molecular weight excluding hydrogens is 331 g/mol. The predicted molar refractivity (Wildman–Crippen MR) is 90.4 cm³/mol. The molecule has 1 atom stereocenters. The van der Waals surface area contributed by atoms with E-state index in [1.165, 1.54) is 12.1 Å². The number of nitrogens with two attached hydrogens (primary N) is 1. The number of benzene rings is 1. The van der Waals surface area contributed by atoms with Crippen LogP contribution in [0, 0.1) is 15.9 Å². The maximum atomic E-state index is 13.7. The Kier molecular flexibility index (Phi) is 4.61. The second-order valence-corrected chi connectivity index (χ2v) is 5.61. The van der Waals surface area contributed by atoms with E-state index in [0.717, 1.165) is 6.07 Å². The first-order chi connectivity index (χ1) is 12.0. The topological polar surface area (TPSA) is 119 Å². The Balaban J connectivity index is 1.94. The number of nitrogens with one attached hydrogen (secondary N) is 1. The molecule has 0 amide bonds. The van der Waals surface area contributed by atoms with Crippen molar-refractivity contribution in [1.29, 1.82) is 0 Å². The van der Waals surface area contributed by atoms with Crippen molar-refractivity contribution in [2.24, 2.45) is 0 Å². The van der Waals surface area contributed by atoms with Gasteiger partial charge >= 0.3 is 5.69 Å². The molecule has 1 fully saturated rings. The lowest BCUT2D eigenvalue weighted by Crippen LogP contribution is -2.44. The molecule has 1 unspecified atom stereocenters. The van der Waals surface area contributed by atoms with E-state index in [1.807, 2.05) is 11.8 Å². The fraction of sp³-hybridized carbons (Fsp3) is 0.333. The number of morpholine rings is 1. The fourth-order valence-electron chi connectivity index (χ4n) is 2.65. The highest BCUT2D eigenvalue weighted by atomic mass is 19.1. The van der Waals surface area contributed by atoms with Gasteiger partial charge in [-0.25, -0.2) is 0 Å². The Morgan fingerprint density at radius 2 is 2.28 bits per heavy atom. The van der Waals surface area contributed by atoms with Crippen LogP contribution in [0.15, 0.2) is 24.3 Å². The lowest BCUT2D eigenvalue weighted by molar-refractivity contribution is -0.386. The number of aromatic nitrogens is 2. The van der Waals surface area contributed by atoms with Crippen molar-refractivity contribution in [3.05, 3.63) is 40.2 Å². The van der Waals surface area contributed by atoms with E-state index in [1.54, 1.807) is 6.07 Å². The van der Waals surface area contributed by atoms with Gasteiger partial charge in [-0.2, -0.15) is 14.4 Å². The average Bonchev–Trinajstić information content (AvgIpc) is 2.54. The summed E-state index contributed by atoms with van der Waals surface area (Å²) in [4.78, 5) is 20.7. The number of anilines is 4. The third-order valence-corrected chi connectivity index (χ3v) is 3.81. The molecule has 1 aliphatic heterocycles. The van der Waals surface area contributed by atoms with Gasteiger partial charge in [0, 0.05) is 12.6 Å². The van der Waals surface area contributed by atoms with Gasteiger partial charge in [-0.15, -0.1) is 0 Å². The highest BCUT2D eigenvalue weighted by Crippen LogP contribution is 2.30. The number of ether oxygens (including phenoxy) is 1. The zero-order valence-corrected chi connectivity index (χ0v) is 13.5. The molecule has 3 N–H and O–H groups in total. The molecule has 1 aromatic heterocycles. The van der Waals surface area contributed by atoms with Crippen molar-refractivity contribution in [3.8, 4) is 0 Å². The lowest BCUT2D eigenvalue weighted by atomic mass is 10.2. The summed E-state index contributed by atoms with van der Waals surface area (Å²) in [6.07, 6.45) is 0. The van der Waals surface area contributed by atoms with Crippen LogP contribution in [0.5, 0.6) is 0 Å². The first kappa shape index (κ1) is 16.8. The van der Waals surface area contributed by atoms with Crippen LogP contribution in [-0.2, 0) is 4.74 Å². The van der Waals surface area contributed by atoms with E-state index in [4.69, 9.17) is 10.5 Å². The predicted octanol–water partition coefficient (Wildman–Crippen LogP) is 2.07. The molecule has 1 aliphatic rings. The minimum Gasteiger partial charge on any atom is -0.383 e. The summed E-state index contributed by atoms with van der Waals surface area (Å²) in [5.74, 6) is -0.113. The van der Waals surface area contributed by atoms with Crippen LogP contribution in [0.1, 0.15) is 6.92 Å². The molecule has 132 valence electrons. The summed E-state index contributed by atoms with van der Waals surface area (Å²) in [6.45, 7) is 3.74. The Labute approximate surface area is 142 Å². The van der Waals surface area contributed by atoms with Crippen molar-refractivity contribution < 1.29 is 14.1 Å². The van der Waals surface area contributed by atoms with Gasteiger partial charge in [-0.3, -0.25) is 10.1 Å². The number of halogens is 1. The largest absolute Gasteiger partial charge is 0.383 e. The van der Waals surface area contributed by atoms with Gasteiger partial charge in [-0.05, 0) is 19.1 Å². The first-order valence-corrected chi connectivity index (χ1v) is 7.64. The molecule has 0 radical (unpaired) electrons. The van der Waals surface area contributed by atoms with Crippen LogP contribution >= 0.6 is 0 Å². The standard InChI is InChI=1S/C15H17FN6O3/c1-9-8-25-6-5-21(9)13-7-12(17)19-15(20-13)18-11-4-2-3-10(16)14(11)22(23)24/h2-4,7,9H,5-6,8H2,1H3,(H3,17,18,19,20). The lowest BCUT2D eigenvalue weighted by Gasteiger charge is -2.34. The number of nitrogens with zero attached hydrogens (tertiary/aromatic N) is 4. The van der Waals surface area contributed by atoms with Crippen molar-refractivity contribution >= 4 is 29.0 Å². The molecule has 0 aliphatic carbocycles. The van der Waals surface area contributed by atoms with E-state index < -0.39 is 16.4 Å². The van der Waals surface area contributed by atoms with Crippen LogP contribution in [0.4, 0.5) is 33.3 Å². The van der Waals surface area contributed by atoms with Crippen LogP contribution < -0.4 is 16.0 Å². The Morgan fingerprint density at radius 3 is 3.00 bits per heavy atom. The molecule has 9 nitrogen and oxygen atoms in total. The van der Waals surface area contributed by atoms with Crippen LogP contribution in [0.2, 0.25) is 0 Å². The minimum atomic E-state index is -0.944. The summed E-state index contributed by atoms with van der Waals surface area (Å²) in [6, 6.07) is 5.48. The summed E-state index contributed by atoms with van der Waals surface area (Å²) < 4.78 is 19.1. The molecular formula is C15H17FN6O3. The molecule has 0 saturated carbocycles. The average molecular weight is 348 g/mol. The van der Waals surface area contributed by atoms with Crippen molar-refractivity contribution in [2.45, 2.75) is 13.0 Å². The number of nitrogen functional groups attached to an aromatic ring is 1. The molecule has 0 bridgehead atoms. The molecule has 10 heteroatoms. The van der Waals surface area contributed by atoms with E-state index in [-0.39, 0.29) is 23.5 Å². The summed E-state index contributed by atoms with van der Waals surface area (Å²) in [7, 11) is 0. The van der Waals surface area contributed by atoms with Gasteiger partial charge in [0.1, 0.15) is 17.3 Å². The van der Waals surface area contributed by atoms with Crippen molar-refractivity contribution in [3.63, 3.8) is 0 Å². The highest BCUT2D eigenvalue weighted by molar-refractivity contribution is 5.68. The minimum absolute atomic E-state index is 0.0448. The number of nitro groups is 1. The van der Waals surface area contributed by atoms with Gasteiger partial charge in [0.25, 0.3) is 0 Å². The number of para-hydroxylation sites is 1. The van der Waals surface area contributed by atoms with Crippen molar-refractivity contribution in [2.75, 3.05) is 35.7 Å². The maximum absolute atomic E-state index is 13.7.